The molecule has 0 unspecified atom stereocenters. The lowest BCUT2D eigenvalue weighted by Gasteiger charge is -2.09. The first kappa shape index (κ1) is 31.4. The Balaban J connectivity index is 1.11. The lowest BCUT2D eigenvalue weighted by molar-refractivity contribution is 0.669. The average molecular weight is 740 g/mol. The minimum absolute atomic E-state index is 0.903. The molecule has 0 aliphatic heterocycles. The van der Waals surface area contributed by atoms with Crippen molar-refractivity contribution >= 4 is 87.4 Å². The summed E-state index contributed by atoms with van der Waals surface area (Å²) in [5.41, 5.74) is 14.7. The van der Waals surface area contributed by atoms with Gasteiger partial charge in [-0.15, -0.1) is 0 Å². The largest absolute Gasteiger partial charge is 0.456 e. The van der Waals surface area contributed by atoms with Crippen molar-refractivity contribution in [2.45, 2.75) is 0 Å². The van der Waals surface area contributed by atoms with Gasteiger partial charge >= 0.3 is 0 Å². The van der Waals surface area contributed by atoms with Gasteiger partial charge in [-0.05, 0) is 108 Å². The molecular weight excluding hydrogens is 707 g/mol. The molecule has 13 aromatic rings. The van der Waals surface area contributed by atoms with Crippen molar-refractivity contribution in [3.05, 3.63) is 200 Å². The van der Waals surface area contributed by atoms with E-state index in [9.17, 15) is 0 Å². The van der Waals surface area contributed by atoms with Crippen LogP contribution in [0.2, 0.25) is 0 Å². The molecule has 0 bridgehead atoms. The summed E-state index contributed by atoms with van der Waals surface area (Å²) in [7, 11) is 0. The molecule has 270 valence electrons. The van der Waals surface area contributed by atoms with Gasteiger partial charge in [0.05, 0.1) is 33.1 Å². The van der Waals surface area contributed by atoms with E-state index in [-0.39, 0.29) is 0 Å². The number of hydrogen-bond donors (Lipinski definition) is 0. The van der Waals surface area contributed by atoms with Gasteiger partial charge in [0.1, 0.15) is 11.2 Å². The molecule has 4 aromatic heterocycles. The Bertz CT molecular complexity index is 3770. The Morgan fingerprint density at radius 1 is 0.259 bits per heavy atom. The fourth-order valence-electron chi connectivity index (χ4n) is 9.73. The number of benzene rings is 9. The topological polar surface area (TPSA) is 27.9 Å². The van der Waals surface area contributed by atoms with Gasteiger partial charge < -0.3 is 18.1 Å². The van der Waals surface area contributed by atoms with E-state index in [0.717, 1.165) is 44.5 Å². The van der Waals surface area contributed by atoms with Crippen LogP contribution >= 0.6 is 0 Å². The van der Waals surface area contributed by atoms with Gasteiger partial charge in [0.15, 0.2) is 0 Å². The summed E-state index contributed by atoms with van der Waals surface area (Å²) in [6.07, 6.45) is 0. The van der Waals surface area contributed by atoms with Gasteiger partial charge in [0, 0.05) is 60.2 Å². The summed E-state index contributed by atoms with van der Waals surface area (Å²) < 4.78 is 13.7. The Hall–Kier alpha value is -7.82. The van der Waals surface area contributed by atoms with Crippen LogP contribution in [-0.2, 0) is 0 Å². The standard InChI is InChI=1S/C54H33N3O/c1-4-14-36(15-5-1)55-45-22-12-10-21-40(45)53-48(55)28-29-49-54(53)44-31-35(25-27-47(44)56(49)37-16-6-2-7-17-37)34-24-26-46-41(30-34)42-33-52-43(39-20-11-13-23-51(39)58-52)32-50(42)57(46)38-18-8-3-9-19-38/h1-33H. The summed E-state index contributed by atoms with van der Waals surface area (Å²) in [5.74, 6) is 0. The molecule has 4 heteroatoms. The van der Waals surface area contributed by atoms with Crippen LogP contribution in [0, 0.1) is 0 Å². The third-order valence-electron chi connectivity index (χ3n) is 12.2. The Morgan fingerprint density at radius 3 is 1.34 bits per heavy atom. The van der Waals surface area contributed by atoms with Gasteiger partial charge in [-0.2, -0.15) is 0 Å². The normalized spacial score (nSPS) is 12.1. The minimum atomic E-state index is 0.903. The van der Waals surface area contributed by atoms with Crippen molar-refractivity contribution in [2.24, 2.45) is 0 Å². The van der Waals surface area contributed by atoms with Crippen molar-refractivity contribution in [1.82, 2.24) is 13.7 Å². The molecule has 9 aromatic carbocycles. The number of aromatic nitrogens is 3. The highest BCUT2D eigenvalue weighted by Crippen LogP contribution is 2.44. The van der Waals surface area contributed by atoms with Crippen LogP contribution < -0.4 is 0 Å². The zero-order valence-electron chi connectivity index (χ0n) is 31.3. The molecule has 0 fully saturated rings. The molecule has 0 atom stereocenters. The fraction of sp³-hybridized carbons (Fsp3) is 0. The monoisotopic (exact) mass is 739 g/mol. The molecule has 13 rings (SSSR count). The van der Waals surface area contributed by atoms with E-state index in [2.05, 4.69) is 208 Å². The van der Waals surface area contributed by atoms with Crippen molar-refractivity contribution < 1.29 is 4.42 Å². The Kier molecular flexibility index (Phi) is 6.41. The molecule has 4 heterocycles. The van der Waals surface area contributed by atoms with Crippen molar-refractivity contribution in [3.63, 3.8) is 0 Å². The molecule has 0 saturated carbocycles. The number of rotatable bonds is 4. The van der Waals surface area contributed by atoms with Gasteiger partial charge in [0.2, 0.25) is 0 Å². The second-order valence-corrected chi connectivity index (χ2v) is 15.3. The van der Waals surface area contributed by atoms with Crippen LogP contribution in [0.5, 0.6) is 0 Å². The van der Waals surface area contributed by atoms with E-state index in [0.29, 0.717) is 0 Å². The third kappa shape index (κ3) is 4.34. The van der Waals surface area contributed by atoms with E-state index in [1.807, 2.05) is 6.07 Å². The minimum Gasteiger partial charge on any atom is -0.456 e. The van der Waals surface area contributed by atoms with Crippen LogP contribution in [0.4, 0.5) is 0 Å². The molecule has 0 amide bonds. The van der Waals surface area contributed by atoms with Crippen LogP contribution in [0.1, 0.15) is 0 Å². The number of fused-ring (bicyclic) bond motifs is 13. The highest BCUT2D eigenvalue weighted by molar-refractivity contribution is 6.29. The summed E-state index contributed by atoms with van der Waals surface area (Å²) in [6, 6.07) is 72.5. The van der Waals surface area contributed by atoms with Gasteiger partial charge in [-0.25, -0.2) is 0 Å². The molecule has 0 radical (unpaired) electrons. The highest BCUT2D eigenvalue weighted by atomic mass is 16.3. The Labute approximate surface area is 332 Å². The van der Waals surface area contributed by atoms with Crippen LogP contribution in [0.25, 0.3) is 116 Å². The van der Waals surface area contributed by atoms with E-state index in [1.165, 1.54) is 71.0 Å². The second-order valence-electron chi connectivity index (χ2n) is 15.3. The molecule has 0 N–H and O–H groups in total. The van der Waals surface area contributed by atoms with E-state index in [4.69, 9.17) is 4.42 Å². The maximum atomic E-state index is 6.45. The third-order valence-corrected chi connectivity index (χ3v) is 12.2. The maximum Gasteiger partial charge on any atom is 0.136 e. The number of para-hydroxylation sites is 5. The molecule has 0 saturated heterocycles. The zero-order valence-corrected chi connectivity index (χ0v) is 31.3. The Morgan fingerprint density at radius 2 is 0.707 bits per heavy atom. The molecule has 0 spiro atoms. The fourth-order valence-corrected chi connectivity index (χ4v) is 9.73. The van der Waals surface area contributed by atoms with Crippen LogP contribution in [0.15, 0.2) is 205 Å². The lowest BCUT2D eigenvalue weighted by atomic mass is 9.99. The number of nitrogens with zero attached hydrogens (tertiary/aromatic N) is 3. The van der Waals surface area contributed by atoms with Gasteiger partial charge in [-0.1, -0.05) is 103 Å². The maximum absolute atomic E-state index is 6.45. The lowest BCUT2D eigenvalue weighted by Crippen LogP contribution is -1.94. The molecular formula is C54H33N3O. The second kappa shape index (κ2) is 11.8. The molecule has 0 aliphatic carbocycles. The van der Waals surface area contributed by atoms with E-state index < -0.39 is 0 Å². The molecule has 4 nitrogen and oxygen atoms in total. The quantitative estimate of drug-likeness (QED) is 0.177. The molecule has 0 aliphatic rings. The summed E-state index contributed by atoms with van der Waals surface area (Å²) >= 11 is 0. The first-order valence-corrected chi connectivity index (χ1v) is 19.8. The summed E-state index contributed by atoms with van der Waals surface area (Å²) in [5, 5.41) is 9.63. The summed E-state index contributed by atoms with van der Waals surface area (Å²) in [6.45, 7) is 0. The highest BCUT2D eigenvalue weighted by Gasteiger charge is 2.22. The predicted octanol–water partition coefficient (Wildman–Crippen LogP) is 14.5. The first-order valence-electron chi connectivity index (χ1n) is 19.8. The van der Waals surface area contributed by atoms with Crippen LogP contribution in [0.3, 0.4) is 0 Å². The smallest absolute Gasteiger partial charge is 0.136 e. The SMILES string of the molecule is c1ccc(-n2c3ccc(-c4ccc5c(c4)c4c6c7ccccc7n(-c7ccccc7)c6ccc4n5-c4ccccc4)cc3c3cc4oc5ccccc5c4cc32)cc1. The summed E-state index contributed by atoms with van der Waals surface area (Å²) in [4.78, 5) is 0. The van der Waals surface area contributed by atoms with Gasteiger partial charge in [-0.3, -0.25) is 0 Å². The van der Waals surface area contributed by atoms with Crippen molar-refractivity contribution in [3.8, 4) is 28.2 Å². The number of furan rings is 1. The number of hydrogen-bond acceptors (Lipinski definition) is 1. The van der Waals surface area contributed by atoms with Gasteiger partial charge in [0.25, 0.3) is 0 Å². The van der Waals surface area contributed by atoms with Crippen molar-refractivity contribution in [1.29, 1.82) is 0 Å². The molecule has 58 heavy (non-hydrogen) atoms. The van der Waals surface area contributed by atoms with E-state index >= 15 is 0 Å². The zero-order chi connectivity index (χ0) is 37.9. The van der Waals surface area contributed by atoms with Crippen LogP contribution in [-0.4, -0.2) is 13.7 Å². The van der Waals surface area contributed by atoms with Crippen molar-refractivity contribution in [2.75, 3.05) is 0 Å². The first-order chi connectivity index (χ1) is 28.8. The predicted molar refractivity (Wildman–Crippen MR) is 242 cm³/mol. The van der Waals surface area contributed by atoms with E-state index in [1.54, 1.807) is 0 Å². The average Bonchev–Trinajstić information content (AvgIpc) is 4.02.